The van der Waals surface area contributed by atoms with Gasteiger partial charge in [0.1, 0.15) is 0 Å². The van der Waals surface area contributed by atoms with Crippen LogP contribution in [0.1, 0.15) is 27.5 Å². The first-order chi connectivity index (χ1) is 16.4. The summed E-state index contributed by atoms with van der Waals surface area (Å²) >= 11 is 12.0. The maximum Gasteiger partial charge on any atom is 0.349 e. The van der Waals surface area contributed by atoms with Crippen molar-refractivity contribution < 1.29 is 9.90 Å². The van der Waals surface area contributed by atoms with Gasteiger partial charge in [0.25, 0.3) is 5.91 Å². The predicted molar refractivity (Wildman–Crippen MR) is 130 cm³/mol. The number of nitrogens with zero attached hydrogens (tertiary/aromatic N) is 2. The first kappa shape index (κ1) is 22.2. The van der Waals surface area contributed by atoms with Crippen LogP contribution < -0.4 is 16.3 Å². The van der Waals surface area contributed by atoms with Gasteiger partial charge in [-0.2, -0.15) is 4.68 Å². The number of aromatic amines is 1. The summed E-state index contributed by atoms with van der Waals surface area (Å²) in [6.45, 7) is 0. The van der Waals surface area contributed by atoms with Gasteiger partial charge in [-0.25, -0.2) is 4.79 Å². The second-order valence-corrected chi connectivity index (χ2v) is 8.81. The number of H-pyrrole nitrogens is 1. The fraction of sp³-hybridized carbons (Fsp3) is 0.125. The molecule has 1 aliphatic carbocycles. The molecule has 10 heteroatoms. The molecular weight excluding hydrogens is 477 g/mol. The third kappa shape index (κ3) is 4.43. The molecule has 3 aromatic carbocycles. The highest BCUT2D eigenvalue weighted by atomic mass is 35.5. The summed E-state index contributed by atoms with van der Waals surface area (Å²) in [5.41, 5.74) is 2.99. The molecule has 1 aromatic heterocycles. The number of benzene rings is 3. The number of halogens is 2. The summed E-state index contributed by atoms with van der Waals surface area (Å²) in [4.78, 5) is 27.7. The maximum absolute atomic E-state index is 12.8. The fourth-order valence-electron chi connectivity index (χ4n) is 4.03. The molecular formula is C24H19Cl2N5O3. The van der Waals surface area contributed by atoms with Crippen LogP contribution in [-0.2, 0) is 6.42 Å². The molecule has 5 rings (SSSR count). The van der Waals surface area contributed by atoms with E-state index in [2.05, 4.69) is 20.7 Å². The minimum absolute atomic E-state index is 0.212. The Morgan fingerprint density at radius 1 is 1.06 bits per heavy atom. The number of nitrogens with one attached hydrogen (secondary N) is 3. The Bertz CT molecular complexity index is 1410. The number of fused-ring (bicyclic) bond motifs is 1. The number of rotatable bonds is 5. The molecule has 2 atom stereocenters. The van der Waals surface area contributed by atoms with Gasteiger partial charge in [0.05, 0.1) is 17.8 Å². The van der Waals surface area contributed by atoms with Gasteiger partial charge in [0, 0.05) is 27.7 Å². The molecule has 0 fully saturated rings. The molecule has 1 aliphatic rings. The van der Waals surface area contributed by atoms with Gasteiger partial charge in [0.2, 0.25) is 5.95 Å². The van der Waals surface area contributed by atoms with Crippen molar-refractivity contribution in [2.24, 2.45) is 0 Å². The number of carbonyl (C=O) groups excluding carboxylic acids is 1. The Morgan fingerprint density at radius 2 is 1.76 bits per heavy atom. The van der Waals surface area contributed by atoms with E-state index in [1.807, 2.05) is 24.3 Å². The van der Waals surface area contributed by atoms with Gasteiger partial charge in [-0.15, -0.1) is 5.10 Å². The summed E-state index contributed by atoms with van der Waals surface area (Å²) in [5, 5.41) is 21.3. The molecule has 0 saturated heterocycles. The van der Waals surface area contributed by atoms with Crippen LogP contribution in [0.5, 0.6) is 0 Å². The Morgan fingerprint density at radius 3 is 2.50 bits per heavy atom. The molecule has 34 heavy (non-hydrogen) atoms. The summed E-state index contributed by atoms with van der Waals surface area (Å²) in [6.07, 6.45) is -0.153. The zero-order chi connectivity index (χ0) is 23.8. The molecule has 172 valence electrons. The summed E-state index contributed by atoms with van der Waals surface area (Å²) in [6, 6.07) is 18.6. The van der Waals surface area contributed by atoms with Crippen molar-refractivity contribution in [2.75, 3.05) is 5.32 Å². The lowest BCUT2D eigenvalue weighted by atomic mass is 10.1. The number of hydrogen-bond donors (Lipinski definition) is 4. The highest BCUT2D eigenvalue weighted by molar-refractivity contribution is 6.34. The van der Waals surface area contributed by atoms with Crippen molar-refractivity contribution in [3.8, 4) is 5.69 Å². The van der Waals surface area contributed by atoms with Gasteiger partial charge >= 0.3 is 5.69 Å². The van der Waals surface area contributed by atoms with Gasteiger partial charge < -0.3 is 15.7 Å². The number of carbonyl (C=O) groups is 1. The second kappa shape index (κ2) is 8.98. The predicted octanol–water partition coefficient (Wildman–Crippen LogP) is 4.00. The van der Waals surface area contributed by atoms with E-state index in [4.69, 9.17) is 23.2 Å². The second-order valence-electron chi connectivity index (χ2n) is 7.94. The third-order valence-electron chi connectivity index (χ3n) is 5.61. The van der Waals surface area contributed by atoms with Crippen LogP contribution in [0.15, 0.2) is 71.5 Å². The third-order valence-corrected chi connectivity index (χ3v) is 6.05. The molecule has 0 aliphatic heterocycles. The molecule has 0 spiro atoms. The standard InChI is InChI=1S/C24H19Cl2N5O3/c25-15-10-16(26)12-18(11-15)31-24(34)29-23(30-31)27-17-7-5-13(6-8-17)22(33)28-21-19-4-2-1-3-14(19)9-20(21)32/h1-8,10-12,20-21,32H,9H2,(H,28,33)(H2,27,29,30,34)/t20-,21+/m0/s1. The van der Waals surface area contributed by atoms with Crippen molar-refractivity contribution in [3.63, 3.8) is 0 Å². The van der Waals surface area contributed by atoms with Gasteiger partial charge in [-0.05, 0) is 53.6 Å². The molecule has 4 N–H and O–H groups in total. The number of anilines is 2. The quantitative estimate of drug-likeness (QED) is 0.334. The van der Waals surface area contributed by atoms with Crippen LogP contribution in [0.3, 0.4) is 0 Å². The van der Waals surface area contributed by atoms with E-state index < -0.39 is 17.8 Å². The Labute approximate surface area is 204 Å². The van der Waals surface area contributed by atoms with E-state index in [0.29, 0.717) is 33.4 Å². The lowest BCUT2D eigenvalue weighted by molar-refractivity contribution is 0.0858. The van der Waals surface area contributed by atoms with Gasteiger partial charge in [-0.1, -0.05) is 47.5 Å². The first-order valence-electron chi connectivity index (χ1n) is 10.5. The topological polar surface area (TPSA) is 112 Å². The Hall–Kier alpha value is -3.59. The smallest absolute Gasteiger partial charge is 0.349 e. The highest BCUT2D eigenvalue weighted by Gasteiger charge is 2.32. The summed E-state index contributed by atoms with van der Waals surface area (Å²) < 4.78 is 1.15. The van der Waals surface area contributed by atoms with E-state index in [-0.39, 0.29) is 11.9 Å². The average Bonchev–Trinajstić information content (AvgIpc) is 3.32. The molecule has 1 amide bonds. The van der Waals surface area contributed by atoms with E-state index in [1.165, 1.54) is 0 Å². The van der Waals surface area contributed by atoms with Crippen LogP contribution >= 0.6 is 23.2 Å². The SMILES string of the molecule is O=C(N[C@@H]1c2ccccc2C[C@@H]1O)c1ccc(Nc2nn(-c3cc(Cl)cc(Cl)c3)c(=O)[nH]2)cc1. The van der Waals surface area contributed by atoms with E-state index in [0.717, 1.165) is 15.8 Å². The highest BCUT2D eigenvalue weighted by Crippen LogP contribution is 2.31. The van der Waals surface area contributed by atoms with Crippen LogP contribution in [0.2, 0.25) is 10.0 Å². The van der Waals surface area contributed by atoms with Crippen LogP contribution in [0, 0.1) is 0 Å². The molecule has 8 nitrogen and oxygen atoms in total. The maximum atomic E-state index is 12.8. The van der Waals surface area contributed by atoms with Crippen molar-refractivity contribution in [2.45, 2.75) is 18.6 Å². The molecule has 0 unspecified atom stereocenters. The molecule has 0 bridgehead atoms. The normalized spacial score (nSPS) is 16.8. The van der Waals surface area contributed by atoms with Gasteiger partial charge in [0.15, 0.2) is 0 Å². The van der Waals surface area contributed by atoms with Crippen LogP contribution in [0.4, 0.5) is 11.6 Å². The Kier molecular flexibility index (Phi) is 5.87. The number of hydrogen-bond acceptors (Lipinski definition) is 5. The fourth-order valence-corrected chi connectivity index (χ4v) is 4.55. The molecule has 0 radical (unpaired) electrons. The van der Waals surface area contributed by atoms with Crippen molar-refractivity contribution >= 4 is 40.7 Å². The summed E-state index contributed by atoms with van der Waals surface area (Å²) in [7, 11) is 0. The van der Waals surface area contributed by atoms with Crippen molar-refractivity contribution in [3.05, 3.63) is 104 Å². The minimum atomic E-state index is -0.663. The average molecular weight is 496 g/mol. The largest absolute Gasteiger partial charge is 0.390 e. The molecule has 1 heterocycles. The van der Waals surface area contributed by atoms with Crippen molar-refractivity contribution in [1.29, 1.82) is 0 Å². The zero-order valence-electron chi connectivity index (χ0n) is 17.6. The van der Waals surface area contributed by atoms with Crippen molar-refractivity contribution in [1.82, 2.24) is 20.1 Å². The van der Waals surface area contributed by atoms with Crippen LogP contribution in [-0.4, -0.2) is 31.9 Å². The number of amides is 1. The van der Waals surface area contributed by atoms with E-state index in [9.17, 15) is 14.7 Å². The zero-order valence-corrected chi connectivity index (χ0v) is 19.1. The van der Waals surface area contributed by atoms with Gasteiger partial charge in [-0.3, -0.25) is 9.78 Å². The lowest BCUT2D eigenvalue weighted by Crippen LogP contribution is -2.33. The molecule has 4 aromatic rings. The number of aromatic nitrogens is 3. The van der Waals surface area contributed by atoms with E-state index >= 15 is 0 Å². The monoisotopic (exact) mass is 495 g/mol. The van der Waals surface area contributed by atoms with Crippen LogP contribution in [0.25, 0.3) is 5.69 Å². The molecule has 0 saturated carbocycles. The minimum Gasteiger partial charge on any atom is -0.390 e. The number of aliphatic hydroxyl groups is 1. The number of aliphatic hydroxyl groups excluding tert-OH is 1. The van der Waals surface area contributed by atoms with E-state index in [1.54, 1.807) is 42.5 Å². The lowest BCUT2D eigenvalue weighted by Gasteiger charge is -2.18. The summed E-state index contributed by atoms with van der Waals surface area (Å²) in [5.74, 6) is -0.0770. The Balaban J connectivity index is 1.29. The first-order valence-corrected chi connectivity index (χ1v) is 11.2.